The number of fused-ring (bicyclic) bond motifs is 3. The minimum atomic E-state index is 1.08. The van der Waals surface area contributed by atoms with Crippen molar-refractivity contribution < 1.29 is 0 Å². The monoisotopic (exact) mass is 837 g/mol. The Bertz CT molecular complexity index is 3220. The van der Waals surface area contributed by atoms with Crippen LogP contribution in [0.2, 0.25) is 0 Å². The van der Waals surface area contributed by atoms with Gasteiger partial charge in [0, 0.05) is 71.4 Å². The molecule has 1 heterocycles. The first kappa shape index (κ1) is 38.7. The van der Waals surface area contributed by atoms with Crippen LogP contribution in [0.25, 0.3) is 42.4 Å². The number of anilines is 9. The molecule has 0 saturated carbocycles. The van der Waals surface area contributed by atoms with Crippen molar-refractivity contribution in [3.63, 3.8) is 0 Å². The second-order valence-corrected chi connectivity index (χ2v) is 16.9. The molecule has 0 atom stereocenters. The van der Waals surface area contributed by atoms with Crippen LogP contribution >= 0.6 is 11.3 Å². The summed E-state index contributed by atoms with van der Waals surface area (Å²) in [6, 6.07) is 93.5. The molecule has 304 valence electrons. The van der Waals surface area contributed by atoms with Crippen molar-refractivity contribution in [2.45, 2.75) is 0 Å². The summed E-state index contributed by atoms with van der Waals surface area (Å²) in [5.74, 6) is 0. The second kappa shape index (κ2) is 17.3. The van der Waals surface area contributed by atoms with Crippen LogP contribution < -0.4 is 14.7 Å². The van der Waals surface area contributed by atoms with Crippen LogP contribution in [0.4, 0.5) is 51.2 Å². The molecule has 0 aliphatic heterocycles. The highest BCUT2D eigenvalue weighted by Gasteiger charge is 2.18. The fourth-order valence-electron chi connectivity index (χ4n) is 8.74. The molecular formula is C60H43N3S. The van der Waals surface area contributed by atoms with Crippen LogP contribution in [0.3, 0.4) is 0 Å². The number of rotatable bonds is 11. The molecule has 0 N–H and O–H groups in total. The predicted octanol–water partition coefficient (Wildman–Crippen LogP) is 17.8. The van der Waals surface area contributed by atoms with E-state index in [9.17, 15) is 0 Å². The van der Waals surface area contributed by atoms with E-state index in [0.29, 0.717) is 0 Å². The van der Waals surface area contributed by atoms with E-state index in [-0.39, 0.29) is 0 Å². The van der Waals surface area contributed by atoms with Crippen LogP contribution in [0.15, 0.2) is 261 Å². The maximum atomic E-state index is 2.37. The summed E-state index contributed by atoms with van der Waals surface area (Å²) >= 11 is 1.86. The molecule has 11 aromatic rings. The lowest BCUT2D eigenvalue weighted by Gasteiger charge is -2.29. The van der Waals surface area contributed by atoms with Crippen LogP contribution in [0.5, 0.6) is 0 Å². The lowest BCUT2D eigenvalue weighted by molar-refractivity contribution is 1.25. The Balaban J connectivity index is 0.912. The minimum absolute atomic E-state index is 1.08. The van der Waals surface area contributed by atoms with Gasteiger partial charge >= 0.3 is 0 Å². The van der Waals surface area contributed by atoms with Gasteiger partial charge in [-0.3, -0.25) is 0 Å². The van der Waals surface area contributed by atoms with Crippen LogP contribution in [-0.2, 0) is 0 Å². The van der Waals surface area contributed by atoms with Gasteiger partial charge in [-0.2, -0.15) is 0 Å². The van der Waals surface area contributed by atoms with Crippen molar-refractivity contribution in [2.75, 3.05) is 14.7 Å². The van der Waals surface area contributed by atoms with E-state index in [1.165, 1.54) is 42.4 Å². The fraction of sp³-hybridized carbons (Fsp3) is 0. The Morgan fingerprint density at radius 1 is 0.203 bits per heavy atom. The third kappa shape index (κ3) is 7.68. The lowest BCUT2D eigenvalue weighted by atomic mass is 9.99. The maximum absolute atomic E-state index is 2.37. The van der Waals surface area contributed by atoms with Crippen molar-refractivity contribution >= 4 is 82.7 Å². The molecule has 4 heteroatoms. The number of benzene rings is 10. The zero-order chi connectivity index (χ0) is 42.7. The van der Waals surface area contributed by atoms with E-state index < -0.39 is 0 Å². The normalized spacial score (nSPS) is 11.1. The van der Waals surface area contributed by atoms with Gasteiger partial charge in [0.1, 0.15) is 0 Å². The highest BCUT2D eigenvalue weighted by atomic mass is 32.1. The molecule has 0 aliphatic carbocycles. The number of hydrogen-bond donors (Lipinski definition) is 0. The first-order chi connectivity index (χ1) is 31.7. The van der Waals surface area contributed by atoms with Gasteiger partial charge in [0.05, 0.1) is 0 Å². The molecule has 0 unspecified atom stereocenters. The molecule has 0 saturated heterocycles. The van der Waals surface area contributed by atoms with Gasteiger partial charge in [0.2, 0.25) is 0 Å². The predicted molar refractivity (Wildman–Crippen MR) is 274 cm³/mol. The largest absolute Gasteiger partial charge is 0.311 e. The summed E-state index contributed by atoms with van der Waals surface area (Å²) in [4.78, 5) is 6.95. The lowest BCUT2D eigenvalue weighted by Crippen LogP contribution is -2.13. The molecule has 0 aliphatic rings. The Kier molecular flexibility index (Phi) is 10.5. The highest BCUT2D eigenvalue weighted by molar-refractivity contribution is 7.25. The van der Waals surface area contributed by atoms with E-state index in [1.807, 2.05) is 11.3 Å². The topological polar surface area (TPSA) is 9.72 Å². The van der Waals surface area contributed by atoms with Gasteiger partial charge in [0.25, 0.3) is 0 Å². The first-order valence-corrected chi connectivity index (χ1v) is 22.5. The number of para-hydroxylation sites is 5. The van der Waals surface area contributed by atoms with E-state index in [1.54, 1.807) is 0 Å². The second-order valence-electron chi connectivity index (χ2n) is 15.8. The summed E-state index contributed by atoms with van der Waals surface area (Å²) in [6.45, 7) is 0. The zero-order valence-electron chi connectivity index (χ0n) is 35.1. The summed E-state index contributed by atoms with van der Waals surface area (Å²) in [5, 5.41) is 2.56. The molecule has 0 radical (unpaired) electrons. The number of nitrogens with zero attached hydrogens (tertiary/aromatic N) is 3. The highest BCUT2D eigenvalue weighted by Crippen LogP contribution is 2.43. The Labute approximate surface area is 378 Å². The average molecular weight is 838 g/mol. The SMILES string of the molecule is c1ccc(N(c2ccccc2)c2ccc(-c3ccc4sc5ccc(-c6ccc(N(c7ccccc7)c7cccc(N(c8ccccc8)c8ccccc8)c7)cc6)cc5c4c3)cc2)cc1. The summed E-state index contributed by atoms with van der Waals surface area (Å²) < 4.78 is 2.58. The van der Waals surface area contributed by atoms with Crippen LogP contribution in [-0.4, -0.2) is 0 Å². The molecule has 1 aromatic heterocycles. The van der Waals surface area contributed by atoms with Crippen molar-refractivity contribution in [3.8, 4) is 22.3 Å². The maximum Gasteiger partial charge on any atom is 0.0482 e. The van der Waals surface area contributed by atoms with E-state index in [4.69, 9.17) is 0 Å². The molecule has 0 spiro atoms. The van der Waals surface area contributed by atoms with Gasteiger partial charge in [0.15, 0.2) is 0 Å². The number of thiophene rings is 1. The average Bonchev–Trinajstić information content (AvgIpc) is 3.74. The van der Waals surface area contributed by atoms with Gasteiger partial charge < -0.3 is 14.7 Å². The van der Waals surface area contributed by atoms with Crippen molar-refractivity contribution in [3.05, 3.63) is 261 Å². The van der Waals surface area contributed by atoms with E-state index in [0.717, 1.165) is 51.2 Å². The Morgan fingerprint density at radius 2 is 0.469 bits per heavy atom. The third-order valence-electron chi connectivity index (χ3n) is 11.8. The van der Waals surface area contributed by atoms with Gasteiger partial charge in [-0.1, -0.05) is 133 Å². The van der Waals surface area contributed by atoms with Gasteiger partial charge in [-0.25, -0.2) is 0 Å². The van der Waals surface area contributed by atoms with Gasteiger partial charge in [-0.05, 0) is 150 Å². The summed E-state index contributed by atoms with van der Waals surface area (Å²) in [7, 11) is 0. The Morgan fingerprint density at radius 3 is 0.797 bits per heavy atom. The standard InChI is InChI=1S/C60H43N3S/c1-6-17-48(18-7-1)61(49-19-8-2-9-20-49)53-35-29-44(30-36-53)46-33-39-59-57(41-46)58-42-47(34-40-60(58)64-59)45-31-37-54(38-32-45)63(52-25-14-5-15-26-52)56-28-16-27-55(43-56)62(50-21-10-3-11-22-50)51-23-12-4-13-24-51/h1-43H. The molecule has 11 rings (SSSR count). The van der Waals surface area contributed by atoms with Crippen LogP contribution in [0, 0.1) is 0 Å². The van der Waals surface area contributed by atoms with Crippen molar-refractivity contribution in [1.29, 1.82) is 0 Å². The quantitative estimate of drug-likeness (QED) is 0.128. The van der Waals surface area contributed by atoms with Crippen molar-refractivity contribution in [1.82, 2.24) is 0 Å². The van der Waals surface area contributed by atoms with Crippen molar-refractivity contribution in [2.24, 2.45) is 0 Å². The van der Waals surface area contributed by atoms with Crippen LogP contribution in [0.1, 0.15) is 0 Å². The summed E-state index contributed by atoms with van der Waals surface area (Å²) in [6.07, 6.45) is 0. The smallest absolute Gasteiger partial charge is 0.0482 e. The molecule has 3 nitrogen and oxygen atoms in total. The zero-order valence-corrected chi connectivity index (χ0v) is 35.9. The Hall–Kier alpha value is -8.18. The molecule has 0 amide bonds. The first-order valence-electron chi connectivity index (χ1n) is 21.7. The molecule has 0 bridgehead atoms. The summed E-state index contributed by atoms with van der Waals surface area (Å²) in [5.41, 5.74) is 14.7. The molecule has 0 fully saturated rings. The molecular weight excluding hydrogens is 795 g/mol. The molecule has 64 heavy (non-hydrogen) atoms. The molecule has 10 aromatic carbocycles. The minimum Gasteiger partial charge on any atom is -0.311 e. The van der Waals surface area contributed by atoms with E-state index >= 15 is 0 Å². The third-order valence-corrected chi connectivity index (χ3v) is 13.0. The fourth-order valence-corrected chi connectivity index (χ4v) is 9.81. The van der Waals surface area contributed by atoms with Gasteiger partial charge in [-0.15, -0.1) is 11.3 Å². The number of hydrogen-bond acceptors (Lipinski definition) is 4. The van der Waals surface area contributed by atoms with E-state index in [2.05, 4.69) is 276 Å².